The lowest BCUT2D eigenvalue weighted by Gasteiger charge is -2.27. The van der Waals surface area contributed by atoms with E-state index in [1.807, 2.05) is 12.1 Å². The van der Waals surface area contributed by atoms with Crippen LogP contribution in [0.4, 0.5) is 0 Å². The largest absolute Gasteiger partial charge is 0.298 e. The Morgan fingerprint density at radius 2 is 1.84 bits per heavy atom. The predicted octanol–water partition coefficient (Wildman–Crippen LogP) is 2.37. The Morgan fingerprint density at radius 3 is 2.63 bits per heavy atom. The summed E-state index contributed by atoms with van der Waals surface area (Å²) in [6, 6.07) is 7.20. The third-order valence-corrected chi connectivity index (χ3v) is 5.80. The van der Waals surface area contributed by atoms with Crippen LogP contribution in [0.25, 0.3) is 0 Å². The fourth-order valence-corrected chi connectivity index (χ4v) is 4.52. The van der Waals surface area contributed by atoms with Gasteiger partial charge in [0.1, 0.15) is 0 Å². The Balaban J connectivity index is 1.76. The summed E-state index contributed by atoms with van der Waals surface area (Å²) in [5.74, 6) is 0.190. The molecule has 1 atom stereocenters. The molecule has 104 valence electrons. The molecule has 3 rings (SSSR count). The van der Waals surface area contributed by atoms with E-state index >= 15 is 0 Å². The molecular weight excluding hydrogens is 262 g/mol. The van der Waals surface area contributed by atoms with Gasteiger partial charge in [0, 0.05) is 0 Å². The van der Waals surface area contributed by atoms with Gasteiger partial charge in [-0.3, -0.25) is 4.84 Å². The quantitative estimate of drug-likeness (QED) is 0.864. The molecule has 1 aliphatic heterocycles. The first-order chi connectivity index (χ1) is 9.17. The zero-order valence-corrected chi connectivity index (χ0v) is 11.7. The molecule has 0 radical (unpaired) electrons. The fraction of sp³-hybridized carbons (Fsp3) is 0.571. The molecule has 1 aromatic rings. The first-order valence-electron chi connectivity index (χ1n) is 6.90. The molecule has 4 nitrogen and oxygen atoms in total. The minimum absolute atomic E-state index is 0.0136. The van der Waals surface area contributed by atoms with Crippen molar-refractivity contribution in [2.45, 2.75) is 49.1 Å². The SMILES string of the molecule is O=S1(=O)CCC(NOC2CCCC2)c2ccccc21. The average molecular weight is 281 g/mol. The van der Waals surface area contributed by atoms with E-state index < -0.39 is 9.84 Å². The van der Waals surface area contributed by atoms with Crippen molar-refractivity contribution in [3.8, 4) is 0 Å². The lowest BCUT2D eigenvalue weighted by Crippen LogP contribution is -2.32. The third-order valence-electron chi connectivity index (χ3n) is 3.98. The monoisotopic (exact) mass is 281 g/mol. The maximum absolute atomic E-state index is 12.0. The molecule has 2 aliphatic rings. The van der Waals surface area contributed by atoms with E-state index in [2.05, 4.69) is 5.48 Å². The van der Waals surface area contributed by atoms with E-state index in [4.69, 9.17) is 4.84 Å². The molecule has 1 saturated carbocycles. The molecule has 1 fully saturated rings. The first kappa shape index (κ1) is 13.1. The van der Waals surface area contributed by atoms with Gasteiger partial charge < -0.3 is 0 Å². The second-order valence-electron chi connectivity index (χ2n) is 5.34. The second-order valence-corrected chi connectivity index (χ2v) is 7.42. The van der Waals surface area contributed by atoms with E-state index in [1.54, 1.807) is 12.1 Å². The highest BCUT2D eigenvalue weighted by atomic mass is 32.2. The Kier molecular flexibility index (Phi) is 3.60. The smallest absolute Gasteiger partial charge is 0.178 e. The Morgan fingerprint density at radius 1 is 1.11 bits per heavy atom. The maximum Gasteiger partial charge on any atom is 0.178 e. The van der Waals surface area contributed by atoms with Crippen LogP contribution >= 0.6 is 0 Å². The molecule has 5 heteroatoms. The number of sulfone groups is 1. The molecule has 0 bridgehead atoms. The van der Waals surface area contributed by atoms with Crippen LogP contribution in [-0.2, 0) is 14.7 Å². The van der Waals surface area contributed by atoms with Crippen molar-refractivity contribution in [1.82, 2.24) is 5.48 Å². The zero-order valence-electron chi connectivity index (χ0n) is 10.8. The number of hydroxylamine groups is 1. The van der Waals surface area contributed by atoms with Gasteiger partial charge in [-0.2, -0.15) is 5.48 Å². The second kappa shape index (κ2) is 5.23. The summed E-state index contributed by atoms with van der Waals surface area (Å²) in [5, 5.41) is 0. The first-order valence-corrected chi connectivity index (χ1v) is 8.55. The number of hydrogen-bond donors (Lipinski definition) is 1. The molecule has 19 heavy (non-hydrogen) atoms. The van der Waals surface area contributed by atoms with Gasteiger partial charge in [-0.25, -0.2) is 8.42 Å². The summed E-state index contributed by atoms with van der Waals surface area (Å²) in [6.07, 6.45) is 5.50. The highest BCUT2D eigenvalue weighted by molar-refractivity contribution is 7.91. The maximum atomic E-state index is 12.0. The van der Waals surface area contributed by atoms with E-state index in [0.717, 1.165) is 18.4 Å². The highest BCUT2D eigenvalue weighted by Gasteiger charge is 2.30. The zero-order chi connectivity index (χ0) is 13.3. The topological polar surface area (TPSA) is 55.4 Å². The summed E-state index contributed by atoms with van der Waals surface area (Å²) in [6.45, 7) is 0. The molecule has 1 unspecified atom stereocenters. The summed E-state index contributed by atoms with van der Waals surface area (Å²) >= 11 is 0. The normalized spacial score (nSPS) is 26.2. The average Bonchev–Trinajstić information content (AvgIpc) is 2.91. The van der Waals surface area contributed by atoms with Crippen molar-refractivity contribution < 1.29 is 13.3 Å². The van der Waals surface area contributed by atoms with E-state index in [-0.39, 0.29) is 17.9 Å². The fourth-order valence-electron chi connectivity index (χ4n) is 2.90. The standard InChI is InChI=1S/C14H19NO3S/c16-19(17)10-9-13(12-7-3-4-8-14(12)19)15-18-11-5-1-2-6-11/h3-4,7-8,11,13,15H,1-2,5-6,9-10H2. The lowest BCUT2D eigenvalue weighted by atomic mass is 10.1. The van der Waals surface area contributed by atoms with Crippen molar-refractivity contribution in [2.75, 3.05) is 5.75 Å². The van der Waals surface area contributed by atoms with E-state index in [9.17, 15) is 8.42 Å². The van der Waals surface area contributed by atoms with Crippen molar-refractivity contribution in [3.05, 3.63) is 29.8 Å². The number of benzene rings is 1. The number of nitrogens with one attached hydrogen (secondary N) is 1. The molecule has 0 aromatic heterocycles. The van der Waals surface area contributed by atoms with Gasteiger partial charge in [0.05, 0.1) is 22.8 Å². The van der Waals surface area contributed by atoms with Crippen LogP contribution < -0.4 is 5.48 Å². The lowest BCUT2D eigenvalue weighted by molar-refractivity contribution is -0.0421. The van der Waals surface area contributed by atoms with Gasteiger partial charge in [0.2, 0.25) is 0 Å². The summed E-state index contributed by atoms with van der Waals surface area (Å²) in [7, 11) is -3.11. The number of hydrogen-bond acceptors (Lipinski definition) is 4. The van der Waals surface area contributed by atoms with Crippen LogP contribution in [-0.4, -0.2) is 20.3 Å². The Bertz CT molecular complexity index is 550. The van der Waals surface area contributed by atoms with Gasteiger partial charge in [-0.1, -0.05) is 31.0 Å². The molecule has 0 spiro atoms. The van der Waals surface area contributed by atoms with Crippen molar-refractivity contribution in [2.24, 2.45) is 0 Å². The van der Waals surface area contributed by atoms with Gasteiger partial charge in [0.25, 0.3) is 0 Å². The molecular formula is C14H19NO3S. The summed E-state index contributed by atoms with van der Waals surface area (Å²) in [4.78, 5) is 6.18. The minimum Gasteiger partial charge on any atom is -0.298 e. The van der Waals surface area contributed by atoms with Crippen molar-refractivity contribution in [1.29, 1.82) is 0 Å². The van der Waals surface area contributed by atoms with Crippen molar-refractivity contribution in [3.63, 3.8) is 0 Å². The summed E-state index contributed by atoms with van der Waals surface area (Å²) < 4.78 is 24.0. The van der Waals surface area contributed by atoms with Crippen LogP contribution in [0.15, 0.2) is 29.2 Å². The van der Waals surface area contributed by atoms with Gasteiger partial charge in [0.15, 0.2) is 9.84 Å². The van der Waals surface area contributed by atoms with Crippen LogP contribution in [0.3, 0.4) is 0 Å². The molecule has 1 N–H and O–H groups in total. The van der Waals surface area contributed by atoms with Crippen LogP contribution in [0.1, 0.15) is 43.7 Å². The highest BCUT2D eigenvalue weighted by Crippen LogP contribution is 2.32. The molecule has 1 heterocycles. The van der Waals surface area contributed by atoms with Crippen LogP contribution in [0.5, 0.6) is 0 Å². The molecule has 1 aromatic carbocycles. The van der Waals surface area contributed by atoms with E-state index in [1.165, 1.54) is 12.8 Å². The molecule has 0 amide bonds. The number of rotatable bonds is 3. The number of fused-ring (bicyclic) bond motifs is 1. The minimum atomic E-state index is -3.11. The van der Waals surface area contributed by atoms with Gasteiger partial charge in [-0.15, -0.1) is 0 Å². The van der Waals surface area contributed by atoms with Crippen LogP contribution in [0, 0.1) is 0 Å². The Labute approximate surface area is 114 Å². The van der Waals surface area contributed by atoms with E-state index in [0.29, 0.717) is 11.3 Å². The van der Waals surface area contributed by atoms with Gasteiger partial charge in [-0.05, 0) is 30.9 Å². The predicted molar refractivity (Wildman–Crippen MR) is 72.3 cm³/mol. The Hall–Kier alpha value is -0.910. The third kappa shape index (κ3) is 2.68. The molecule has 0 saturated heterocycles. The van der Waals surface area contributed by atoms with Gasteiger partial charge >= 0.3 is 0 Å². The van der Waals surface area contributed by atoms with Crippen LogP contribution in [0.2, 0.25) is 0 Å². The molecule has 1 aliphatic carbocycles. The summed E-state index contributed by atoms with van der Waals surface area (Å²) in [5.41, 5.74) is 3.93. The van der Waals surface area contributed by atoms with Crippen molar-refractivity contribution >= 4 is 9.84 Å².